The molecule has 1 N–H and O–H groups in total. The first kappa shape index (κ1) is 18.2. The first-order chi connectivity index (χ1) is 9.94. The van der Waals surface area contributed by atoms with Crippen LogP contribution in [0.3, 0.4) is 0 Å². The van der Waals surface area contributed by atoms with Crippen molar-refractivity contribution in [3.63, 3.8) is 0 Å². The van der Waals surface area contributed by atoms with Gasteiger partial charge in [-0.2, -0.15) is 0 Å². The van der Waals surface area contributed by atoms with E-state index in [1.54, 1.807) is 0 Å². The normalized spacial score (nSPS) is 14.5. The van der Waals surface area contributed by atoms with E-state index in [-0.39, 0.29) is 0 Å². The summed E-state index contributed by atoms with van der Waals surface area (Å²) in [6, 6.07) is 5.69. The lowest BCUT2D eigenvalue weighted by Gasteiger charge is -2.33. The van der Waals surface area contributed by atoms with Crippen LogP contribution in [0.25, 0.3) is 0 Å². The maximum absolute atomic E-state index is 3.70. The lowest BCUT2D eigenvalue weighted by molar-refractivity contribution is 0.192. The summed E-state index contributed by atoms with van der Waals surface area (Å²) in [5.74, 6) is 0. The van der Waals surface area contributed by atoms with Gasteiger partial charge < -0.3 is 5.32 Å². The third kappa shape index (κ3) is 4.82. The van der Waals surface area contributed by atoms with E-state index in [0.29, 0.717) is 12.1 Å². The summed E-state index contributed by atoms with van der Waals surface area (Å²) >= 11 is 0. The van der Waals surface area contributed by atoms with Gasteiger partial charge in [-0.05, 0) is 63.9 Å². The average Bonchev–Trinajstić information content (AvgIpc) is 2.42. The fourth-order valence-corrected chi connectivity index (χ4v) is 3.36. The molecule has 0 aliphatic carbocycles. The molecule has 0 bridgehead atoms. The number of aryl methyl sites for hydroxylation is 3. The van der Waals surface area contributed by atoms with Gasteiger partial charge in [0.2, 0.25) is 0 Å². The second-order valence-electron chi connectivity index (χ2n) is 6.27. The van der Waals surface area contributed by atoms with E-state index in [9.17, 15) is 0 Å². The van der Waals surface area contributed by atoms with Crippen molar-refractivity contribution in [1.29, 1.82) is 0 Å². The predicted octanol–water partition coefficient (Wildman–Crippen LogP) is 4.38. The fourth-order valence-electron chi connectivity index (χ4n) is 3.36. The third-order valence-corrected chi connectivity index (χ3v) is 4.57. The second kappa shape index (κ2) is 8.55. The van der Waals surface area contributed by atoms with Gasteiger partial charge in [0.1, 0.15) is 0 Å². The van der Waals surface area contributed by atoms with Crippen LogP contribution in [0, 0.1) is 20.8 Å². The predicted molar refractivity (Wildman–Crippen MR) is 94.1 cm³/mol. The fraction of sp³-hybridized carbons (Fsp3) is 0.684. The van der Waals surface area contributed by atoms with Crippen LogP contribution in [0.15, 0.2) is 12.1 Å². The van der Waals surface area contributed by atoms with Crippen molar-refractivity contribution in [1.82, 2.24) is 10.2 Å². The number of hydrogen-bond donors (Lipinski definition) is 1. The zero-order valence-electron chi connectivity index (χ0n) is 15.1. The first-order valence-electron chi connectivity index (χ1n) is 8.49. The van der Waals surface area contributed by atoms with E-state index in [4.69, 9.17) is 0 Å². The largest absolute Gasteiger partial charge is 0.309 e. The molecule has 0 radical (unpaired) electrons. The molecule has 1 rings (SSSR count). The summed E-state index contributed by atoms with van der Waals surface area (Å²) in [6.45, 7) is 19.0. The topological polar surface area (TPSA) is 15.3 Å². The molecule has 0 aliphatic rings. The molecule has 0 saturated heterocycles. The highest BCUT2D eigenvalue weighted by atomic mass is 15.2. The number of likely N-dealkylation sites (N-methyl/N-ethyl adjacent to an activating group) is 2. The van der Waals surface area contributed by atoms with Crippen LogP contribution in [0.1, 0.15) is 62.4 Å². The Bertz CT molecular complexity index is 416. The highest BCUT2D eigenvalue weighted by molar-refractivity contribution is 5.39. The number of benzene rings is 1. The highest BCUT2D eigenvalue weighted by Gasteiger charge is 2.20. The van der Waals surface area contributed by atoms with Crippen molar-refractivity contribution in [3.8, 4) is 0 Å². The van der Waals surface area contributed by atoms with Crippen molar-refractivity contribution in [2.75, 3.05) is 19.6 Å². The van der Waals surface area contributed by atoms with Crippen molar-refractivity contribution in [2.24, 2.45) is 0 Å². The van der Waals surface area contributed by atoms with Crippen molar-refractivity contribution in [3.05, 3.63) is 34.4 Å². The van der Waals surface area contributed by atoms with Crippen LogP contribution >= 0.6 is 0 Å². The van der Waals surface area contributed by atoms with Crippen LogP contribution in [-0.4, -0.2) is 30.6 Å². The summed E-state index contributed by atoms with van der Waals surface area (Å²) in [4.78, 5) is 2.59. The molecule has 0 fully saturated rings. The average molecular weight is 290 g/mol. The highest BCUT2D eigenvalue weighted by Crippen LogP contribution is 2.25. The number of rotatable bonds is 8. The molecule has 2 unspecified atom stereocenters. The molecule has 0 aromatic heterocycles. The zero-order chi connectivity index (χ0) is 16.0. The van der Waals surface area contributed by atoms with Gasteiger partial charge >= 0.3 is 0 Å². The van der Waals surface area contributed by atoms with Crippen LogP contribution in [0.2, 0.25) is 0 Å². The first-order valence-corrected chi connectivity index (χ1v) is 8.49. The third-order valence-electron chi connectivity index (χ3n) is 4.57. The Balaban J connectivity index is 3.06. The molecule has 0 spiro atoms. The van der Waals surface area contributed by atoms with E-state index in [2.05, 4.69) is 70.8 Å². The Kier molecular flexibility index (Phi) is 7.41. The molecule has 0 saturated carbocycles. The molecule has 1 aromatic rings. The van der Waals surface area contributed by atoms with Gasteiger partial charge in [0.05, 0.1) is 0 Å². The second-order valence-corrected chi connectivity index (χ2v) is 6.27. The quantitative estimate of drug-likeness (QED) is 0.764. The van der Waals surface area contributed by atoms with Gasteiger partial charge in [-0.25, -0.2) is 0 Å². The molecule has 2 heteroatoms. The molecule has 2 nitrogen and oxygen atoms in total. The lowest BCUT2D eigenvalue weighted by atomic mass is 9.93. The molecule has 1 aromatic carbocycles. The van der Waals surface area contributed by atoms with Gasteiger partial charge in [0, 0.05) is 18.6 Å². The summed E-state index contributed by atoms with van der Waals surface area (Å²) in [5, 5.41) is 3.70. The van der Waals surface area contributed by atoms with Crippen molar-refractivity contribution >= 4 is 0 Å². The molecule has 21 heavy (non-hydrogen) atoms. The van der Waals surface area contributed by atoms with Crippen LogP contribution < -0.4 is 5.32 Å². The van der Waals surface area contributed by atoms with E-state index in [0.717, 1.165) is 19.6 Å². The maximum atomic E-state index is 3.70. The lowest BCUT2D eigenvalue weighted by Crippen LogP contribution is -2.40. The van der Waals surface area contributed by atoms with Crippen LogP contribution in [0.4, 0.5) is 0 Å². The van der Waals surface area contributed by atoms with Crippen molar-refractivity contribution < 1.29 is 0 Å². The summed E-state index contributed by atoms with van der Waals surface area (Å²) in [7, 11) is 0. The van der Waals surface area contributed by atoms with Gasteiger partial charge in [-0.1, -0.05) is 38.5 Å². The molecule has 120 valence electrons. The Morgan fingerprint density at radius 2 is 1.62 bits per heavy atom. The number of nitrogens with one attached hydrogen (secondary N) is 1. The molecule has 0 amide bonds. The Morgan fingerprint density at radius 1 is 1.05 bits per heavy atom. The van der Waals surface area contributed by atoms with Gasteiger partial charge in [-0.15, -0.1) is 0 Å². The minimum Gasteiger partial charge on any atom is -0.309 e. The molecule has 2 atom stereocenters. The minimum atomic E-state index is 0.421. The minimum absolute atomic E-state index is 0.421. The number of nitrogens with zero attached hydrogens (tertiary/aromatic N) is 1. The van der Waals surface area contributed by atoms with E-state index >= 15 is 0 Å². The standard InChI is InChI=1S/C19H34N2/c1-8-17(7)21(10-3)13-18(20-9-2)19-15(5)11-14(4)12-16(19)6/h11-12,17-18,20H,8-10,13H2,1-7H3. The van der Waals surface area contributed by atoms with Gasteiger partial charge in [0.15, 0.2) is 0 Å². The monoisotopic (exact) mass is 290 g/mol. The molecular weight excluding hydrogens is 256 g/mol. The Morgan fingerprint density at radius 3 is 2.05 bits per heavy atom. The maximum Gasteiger partial charge on any atom is 0.0454 e. The van der Waals surface area contributed by atoms with Crippen LogP contribution in [-0.2, 0) is 0 Å². The Hall–Kier alpha value is -0.860. The van der Waals surface area contributed by atoms with E-state index in [1.807, 2.05) is 0 Å². The van der Waals surface area contributed by atoms with Crippen molar-refractivity contribution in [2.45, 2.75) is 67.0 Å². The molecular formula is C19H34N2. The van der Waals surface area contributed by atoms with Gasteiger partial charge in [0.25, 0.3) is 0 Å². The van der Waals surface area contributed by atoms with Gasteiger partial charge in [-0.3, -0.25) is 4.90 Å². The van der Waals surface area contributed by atoms with E-state index in [1.165, 1.54) is 28.7 Å². The smallest absolute Gasteiger partial charge is 0.0454 e. The van der Waals surface area contributed by atoms with E-state index < -0.39 is 0 Å². The molecule has 0 aliphatic heterocycles. The summed E-state index contributed by atoms with van der Waals surface area (Å²) in [6.07, 6.45) is 1.21. The number of hydrogen-bond acceptors (Lipinski definition) is 2. The SMILES string of the molecule is CCNC(CN(CC)C(C)CC)c1c(C)cc(C)cc1C. The summed E-state index contributed by atoms with van der Waals surface area (Å²) in [5.41, 5.74) is 5.68. The Labute approximate surface area is 131 Å². The zero-order valence-corrected chi connectivity index (χ0v) is 15.1. The van der Waals surface area contributed by atoms with Crippen LogP contribution in [0.5, 0.6) is 0 Å². The summed E-state index contributed by atoms with van der Waals surface area (Å²) < 4.78 is 0. The molecule has 0 heterocycles.